The van der Waals surface area contributed by atoms with Crippen molar-refractivity contribution < 1.29 is 15.0 Å². The third kappa shape index (κ3) is 3.04. The third-order valence-electron chi connectivity index (χ3n) is 8.70. The van der Waals surface area contributed by atoms with E-state index in [2.05, 4.69) is 19.9 Å². The van der Waals surface area contributed by atoms with Crippen molar-refractivity contribution in [2.45, 2.75) is 91.6 Å². The highest BCUT2D eigenvalue weighted by atomic mass is 16.4. The average molecular weight is 363 g/mol. The standard InChI is InChI=1S/C21H32O3.C2H6/c1-20-9-7-15(22)11-13(20)3-5-16-17-6-4-14(12-19(23)24)21(17,2)10-8-18(16)20;1-2/h3,14-18,22H,4-12H2,1-2H3,(H,23,24);1-2H3. The molecule has 0 spiro atoms. The average Bonchev–Trinajstić information content (AvgIpc) is 2.93. The molecule has 0 bridgehead atoms. The van der Waals surface area contributed by atoms with Crippen molar-refractivity contribution >= 4 is 5.97 Å². The molecule has 26 heavy (non-hydrogen) atoms. The Hall–Kier alpha value is -0.830. The Morgan fingerprint density at radius 3 is 2.54 bits per heavy atom. The number of carbonyl (C=O) groups is 1. The van der Waals surface area contributed by atoms with Gasteiger partial charge >= 0.3 is 5.97 Å². The second-order valence-electron chi connectivity index (χ2n) is 9.57. The summed E-state index contributed by atoms with van der Waals surface area (Å²) >= 11 is 0. The van der Waals surface area contributed by atoms with Crippen LogP contribution >= 0.6 is 0 Å². The van der Waals surface area contributed by atoms with E-state index in [9.17, 15) is 15.0 Å². The SMILES string of the molecule is CC.CC12CCC(O)CC1=CCC1C2CCC2(C)C(CC(=O)O)CCC12. The van der Waals surface area contributed by atoms with E-state index >= 15 is 0 Å². The van der Waals surface area contributed by atoms with Gasteiger partial charge in [0.25, 0.3) is 0 Å². The maximum absolute atomic E-state index is 11.3. The number of aliphatic hydroxyl groups excluding tert-OH is 1. The van der Waals surface area contributed by atoms with Crippen LogP contribution in [0, 0.1) is 34.5 Å². The number of hydrogen-bond donors (Lipinski definition) is 2. The van der Waals surface area contributed by atoms with E-state index in [-0.39, 0.29) is 16.9 Å². The first-order chi connectivity index (χ1) is 12.3. The van der Waals surface area contributed by atoms with Crippen molar-refractivity contribution in [2.24, 2.45) is 34.5 Å². The van der Waals surface area contributed by atoms with Crippen molar-refractivity contribution in [1.29, 1.82) is 0 Å². The lowest BCUT2D eigenvalue weighted by Crippen LogP contribution is -2.50. The van der Waals surface area contributed by atoms with E-state index in [1.165, 1.54) is 24.8 Å². The van der Waals surface area contributed by atoms with Gasteiger partial charge in [-0.3, -0.25) is 4.79 Å². The molecule has 4 aliphatic carbocycles. The van der Waals surface area contributed by atoms with Crippen LogP contribution in [0.15, 0.2) is 11.6 Å². The Balaban J connectivity index is 0.000000948. The molecule has 4 rings (SSSR count). The molecular weight excluding hydrogens is 324 g/mol. The maximum atomic E-state index is 11.3. The lowest BCUT2D eigenvalue weighted by atomic mass is 9.47. The maximum Gasteiger partial charge on any atom is 0.303 e. The predicted molar refractivity (Wildman–Crippen MR) is 105 cm³/mol. The molecule has 0 aromatic carbocycles. The molecule has 0 heterocycles. The molecule has 148 valence electrons. The highest BCUT2D eigenvalue weighted by molar-refractivity contribution is 5.67. The van der Waals surface area contributed by atoms with Gasteiger partial charge in [0.2, 0.25) is 0 Å². The molecule has 0 radical (unpaired) electrons. The molecule has 3 saturated carbocycles. The molecule has 3 heteroatoms. The zero-order chi connectivity index (χ0) is 19.1. The zero-order valence-corrected chi connectivity index (χ0v) is 17.1. The van der Waals surface area contributed by atoms with Crippen molar-refractivity contribution in [3.8, 4) is 0 Å². The van der Waals surface area contributed by atoms with Gasteiger partial charge in [-0.15, -0.1) is 0 Å². The number of aliphatic hydroxyl groups is 1. The van der Waals surface area contributed by atoms with Crippen LogP contribution in [0.5, 0.6) is 0 Å². The van der Waals surface area contributed by atoms with Gasteiger partial charge < -0.3 is 10.2 Å². The van der Waals surface area contributed by atoms with Gasteiger partial charge in [-0.05, 0) is 85.9 Å². The van der Waals surface area contributed by atoms with E-state index < -0.39 is 5.97 Å². The summed E-state index contributed by atoms with van der Waals surface area (Å²) in [6.07, 6.45) is 11.5. The Morgan fingerprint density at radius 1 is 1.12 bits per heavy atom. The van der Waals surface area contributed by atoms with Crippen LogP contribution in [0.1, 0.15) is 85.5 Å². The van der Waals surface area contributed by atoms with Crippen molar-refractivity contribution in [3.05, 3.63) is 11.6 Å². The zero-order valence-electron chi connectivity index (χ0n) is 17.1. The van der Waals surface area contributed by atoms with Gasteiger partial charge in [0.1, 0.15) is 0 Å². The van der Waals surface area contributed by atoms with Gasteiger partial charge in [-0.25, -0.2) is 0 Å². The molecule has 0 aromatic rings. The molecule has 0 aromatic heterocycles. The number of carboxylic acid groups (broad SMARTS) is 1. The third-order valence-corrected chi connectivity index (χ3v) is 8.70. The second-order valence-corrected chi connectivity index (χ2v) is 9.57. The topological polar surface area (TPSA) is 57.5 Å². The van der Waals surface area contributed by atoms with E-state index in [1.54, 1.807) is 0 Å². The van der Waals surface area contributed by atoms with Crippen LogP contribution in [-0.4, -0.2) is 22.3 Å². The van der Waals surface area contributed by atoms with Crippen molar-refractivity contribution in [1.82, 2.24) is 0 Å². The summed E-state index contributed by atoms with van der Waals surface area (Å²) < 4.78 is 0. The molecule has 4 aliphatic rings. The Kier molecular flexibility index (Phi) is 5.59. The minimum Gasteiger partial charge on any atom is -0.481 e. The number of allylic oxidation sites excluding steroid dienone is 1. The number of aliphatic carboxylic acids is 1. The minimum atomic E-state index is -0.622. The molecule has 0 saturated heterocycles. The smallest absolute Gasteiger partial charge is 0.303 e. The fraction of sp³-hybridized carbons (Fsp3) is 0.870. The first-order valence-corrected chi connectivity index (χ1v) is 10.9. The fourth-order valence-electron chi connectivity index (χ4n) is 7.30. The Labute approximate surface area is 159 Å². The molecular formula is C23H38O3. The van der Waals surface area contributed by atoms with E-state index in [1.807, 2.05) is 13.8 Å². The monoisotopic (exact) mass is 362 g/mol. The molecule has 0 amide bonds. The van der Waals surface area contributed by atoms with E-state index in [0.717, 1.165) is 43.9 Å². The molecule has 7 unspecified atom stereocenters. The fourth-order valence-corrected chi connectivity index (χ4v) is 7.30. The number of fused-ring (bicyclic) bond motifs is 5. The van der Waals surface area contributed by atoms with E-state index in [0.29, 0.717) is 18.3 Å². The normalized spacial score (nSPS) is 46.8. The van der Waals surface area contributed by atoms with Crippen LogP contribution < -0.4 is 0 Å². The number of rotatable bonds is 2. The van der Waals surface area contributed by atoms with E-state index in [4.69, 9.17) is 0 Å². The van der Waals surface area contributed by atoms with Crippen LogP contribution in [0.25, 0.3) is 0 Å². The quantitative estimate of drug-likeness (QED) is 0.644. The summed E-state index contributed by atoms with van der Waals surface area (Å²) in [5, 5.41) is 19.4. The second kappa shape index (κ2) is 7.30. The summed E-state index contributed by atoms with van der Waals surface area (Å²) in [6.45, 7) is 8.84. The van der Waals surface area contributed by atoms with Crippen LogP contribution in [0.2, 0.25) is 0 Å². The molecule has 2 N–H and O–H groups in total. The predicted octanol–water partition coefficient (Wildman–Crippen LogP) is 5.43. The molecule has 0 aliphatic heterocycles. The minimum absolute atomic E-state index is 0.138. The van der Waals surface area contributed by atoms with Crippen molar-refractivity contribution in [3.63, 3.8) is 0 Å². The number of hydrogen-bond acceptors (Lipinski definition) is 2. The van der Waals surface area contributed by atoms with Gasteiger partial charge in [0, 0.05) is 6.42 Å². The highest BCUT2D eigenvalue weighted by Crippen LogP contribution is 2.66. The van der Waals surface area contributed by atoms with Crippen LogP contribution in [-0.2, 0) is 4.79 Å². The molecule has 7 atom stereocenters. The summed E-state index contributed by atoms with van der Waals surface area (Å²) in [5.74, 6) is 1.91. The summed E-state index contributed by atoms with van der Waals surface area (Å²) in [5.41, 5.74) is 2.04. The lowest BCUT2D eigenvalue weighted by Gasteiger charge is -2.58. The van der Waals surface area contributed by atoms with Crippen molar-refractivity contribution in [2.75, 3.05) is 0 Å². The molecule has 3 nitrogen and oxygen atoms in total. The highest BCUT2D eigenvalue weighted by Gasteiger charge is 2.58. The van der Waals surface area contributed by atoms with Crippen LogP contribution in [0.3, 0.4) is 0 Å². The van der Waals surface area contributed by atoms with Gasteiger partial charge in [-0.1, -0.05) is 39.3 Å². The summed E-state index contributed by atoms with van der Waals surface area (Å²) in [7, 11) is 0. The summed E-state index contributed by atoms with van der Waals surface area (Å²) in [4.78, 5) is 11.3. The first-order valence-electron chi connectivity index (χ1n) is 10.9. The lowest BCUT2D eigenvalue weighted by molar-refractivity contribution is -0.140. The van der Waals surface area contributed by atoms with Gasteiger partial charge in [0.15, 0.2) is 0 Å². The van der Waals surface area contributed by atoms with Gasteiger partial charge in [-0.2, -0.15) is 0 Å². The first kappa shape index (κ1) is 19.9. The Morgan fingerprint density at radius 2 is 1.85 bits per heavy atom. The summed E-state index contributed by atoms with van der Waals surface area (Å²) in [6, 6.07) is 0. The van der Waals surface area contributed by atoms with Gasteiger partial charge in [0.05, 0.1) is 6.10 Å². The largest absolute Gasteiger partial charge is 0.481 e. The number of carboxylic acids is 1. The Bertz CT molecular complexity index is 568. The molecule has 3 fully saturated rings. The van der Waals surface area contributed by atoms with Crippen LogP contribution in [0.4, 0.5) is 0 Å².